The molecule has 7 nitrogen and oxygen atoms in total. The number of nitrogens with zero attached hydrogens (tertiary/aromatic N) is 2. The Balaban J connectivity index is 1.55. The molecule has 156 valence electrons. The molecule has 30 heavy (non-hydrogen) atoms. The number of hydrogen-bond donors (Lipinski definition) is 1. The highest BCUT2D eigenvalue weighted by atomic mass is 16.5. The van der Waals surface area contributed by atoms with Crippen LogP contribution in [0.25, 0.3) is 0 Å². The highest BCUT2D eigenvalue weighted by Crippen LogP contribution is 2.11. The number of anilines is 1. The highest BCUT2D eigenvalue weighted by Gasteiger charge is 2.07. The summed E-state index contributed by atoms with van der Waals surface area (Å²) in [4.78, 5) is 36.4. The molecule has 0 spiro atoms. The van der Waals surface area contributed by atoms with Gasteiger partial charge >= 0.3 is 11.8 Å². The maximum Gasteiger partial charge on any atom is 0.411 e. The van der Waals surface area contributed by atoms with Crippen molar-refractivity contribution in [2.24, 2.45) is 0 Å². The molecule has 1 N–H and O–H groups in total. The summed E-state index contributed by atoms with van der Waals surface area (Å²) >= 11 is 0. The van der Waals surface area contributed by atoms with Gasteiger partial charge in [0.2, 0.25) is 0 Å². The quantitative estimate of drug-likeness (QED) is 0.620. The molecule has 3 rings (SSSR count). The fraction of sp³-hybridized carbons (Fsp3) is 0.261. The monoisotopic (exact) mass is 407 g/mol. The van der Waals surface area contributed by atoms with E-state index in [9.17, 15) is 14.4 Å². The topological polar surface area (TPSA) is 82.3 Å². The lowest BCUT2D eigenvalue weighted by molar-refractivity contribution is 0.155. The summed E-state index contributed by atoms with van der Waals surface area (Å²) in [5, 5.41) is 2.68. The van der Waals surface area contributed by atoms with Gasteiger partial charge in [-0.15, -0.1) is 0 Å². The fourth-order valence-corrected chi connectivity index (χ4v) is 3.05. The molecule has 3 aromatic rings. The van der Waals surface area contributed by atoms with E-state index in [1.54, 1.807) is 22.9 Å². The number of amides is 1. The Bertz CT molecular complexity index is 1090. The van der Waals surface area contributed by atoms with Gasteiger partial charge in [-0.1, -0.05) is 49.4 Å². The van der Waals surface area contributed by atoms with E-state index < -0.39 is 6.09 Å². The van der Waals surface area contributed by atoms with Crippen LogP contribution in [-0.2, 0) is 30.9 Å². The van der Waals surface area contributed by atoms with E-state index in [1.807, 2.05) is 49.4 Å². The second-order valence-electron chi connectivity index (χ2n) is 6.92. The van der Waals surface area contributed by atoms with E-state index in [2.05, 4.69) is 5.32 Å². The Morgan fingerprint density at radius 3 is 2.37 bits per heavy atom. The largest absolute Gasteiger partial charge is 0.444 e. The lowest BCUT2D eigenvalue weighted by Crippen LogP contribution is -2.39. The zero-order chi connectivity index (χ0) is 21.3. The number of rotatable bonds is 8. The number of ether oxygens (including phenoxy) is 1. The number of hydrogen-bond acceptors (Lipinski definition) is 4. The van der Waals surface area contributed by atoms with Gasteiger partial charge in [0, 0.05) is 31.0 Å². The molecule has 0 fully saturated rings. The van der Waals surface area contributed by atoms with E-state index >= 15 is 0 Å². The fourth-order valence-electron chi connectivity index (χ4n) is 3.05. The molecule has 0 aliphatic heterocycles. The van der Waals surface area contributed by atoms with Crippen molar-refractivity contribution in [1.82, 2.24) is 9.13 Å². The standard InChI is InChI=1S/C23H25N3O4/c1-2-14-25-15-13-21(27)26(23(25)29)16-12-18-8-10-20(11-9-18)24-22(28)30-17-19-6-4-3-5-7-19/h3-11,13,15H,2,12,14,16-17H2,1H3,(H,24,28). The van der Waals surface area contributed by atoms with Gasteiger partial charge in [-0.3, -0.25) is 14.7 Å². The molecule has 0 radical (unpaired) electrons. The van der Waals surface area contributed by atoms with E-state index in [0.29, 0.717) is 25.2 Å². The average molecular weight is 407 g/mol. The number of carbonyl (C=O) groups is 1. The van der Waals surface area contributed by atoms with E-state index in [-0.39, 0.29) is 17.9 Å². The molecular formula is C23H25N3O4. The molecule has 1 heterocycles. The second-order valence-corrected chi connectivity index (χ2v) is 6.92. The zero-order valence-corrected chi connectivity index (χ0v) is 16.9. The normalized spacial score (nSPS) is 10.6. The second kappa shape index (κ2) is 10.2. The predicted molar refractivity (Wildman–Crippen MR) is 116 cm³/mol. The molecule has 0 aliphatic rings. The molecular weight excluding hydrogens is 382 g/mol. The molecule has 0 bridgehead atoms. The number of benzene rings is 2. The Labute approximate surface area is 174 Å². The maximum absolute atomic E-state index is 12.4. The summed E-state index contributed by atoms with van der Waals surface area (Å²) in [6.45, 7) is 3.06. The van der Waals surface area contributed by atoms with Gasteiger partial charge in [0.25, 0.3) is 5.56 Å². The van der Waals surface area contributed by atoms with Gasteiger partial charge in [-0.2, -0.15) is 0 Å². The van der Waals surface area contributed by atoms with Crippen LogP contribution in [0.3, 0.4) is 0 Å². The minimum Gasteiger partial charge on any atom is -0.444 e. The van der Waals surface area contributed by atoms with Crippen LogP contribution in [0.5, 0.6) is 0 Å². The van der Waals surface area contributed by atoms with Crippen LogP contribution in [-0.4, -0.2) is 15.2 Å². The van der Waals surface area contributed by atoms with Crippen molar-refractivity contribution >= 4 is 11.8 Å². The first-order valence-electron chi connectivity index (χ1n) is 9.93. The predicted octanol–water partition coefficient (Wildman–Crippen LogP) is 3.41. The summed E-state index contributed by atoms with van der Waals surface area (Å²) in [6, 6.07) is 18.1. The molecule has 0 atom stereocenters. The van der Waals surface area contributed by atoms with Crippen molar-refractivity contribution in [3.63, 3.8) is 0 Å². The maximum atomic E-state index is 12.4. The van der Waals surface area contributed by atoms with Gasteiger partial charge in [0.1, 0.15) is 6.61 Å². The first-order valence-corrected chi connectivity index (χ1v) is 9.93. The molecule has 7 heteroatoms. The number of nitrogens with one attached hydrogen (secondary N) is 1. The molecule has 0 saturated carbocycles. The van der Waals surface area contributed by atoms with Gasteiger partial charge in [-0.05, 0) is 36.1 Å². The summed E-state index contributed by atoms with van der Waals surface area (Å²) in [5.74, 6) is 0. The lowest BCUT2D eigenvalue weighted by Gasteiger charge is -2.10. The zero-order valence-electron chi connectivity index (χ0n) is 16.9. The van der Waals surface area contributed by atoms with E-state index in [4.69, 9.17) is 4.74 Å². The van der Waals surface area contributed by atoms with Gasteiger partial charge in [-0.25, -0.2) is 9.59 Å². The van der Waals surface area contributed by atoms with Gasteiger partial charge in [0.15, 0.2) is 0 Å². The Kier molecular flexibility index (Phi) is 7.21. The van der Waals surface area contributed by atoms with Crippen molar-refractivity contribution < 1.29 is 9.53 Å². The highest BCUT2D eigenvalue weighted by molar-refractivity contribution is 5.84. The minimum atomic E-state index is -0.529. The van der Waals surface area contributed by atoms with Crippen molar-refractivity contribution in [3.05, 3.63) is 98.8 Å². The lowest BCUT2D eigenvalue weighted by atomic mass is 10.1. The van der Waals surface area contributed by atoms with Crippen LogP contribution in [0, 0.1) is 0 Å². The van der Waals surface area contributed by atoms with Crippen LogP contribution >= 0.6 is 0 Å². The number of aromatic nitrogens is 2. The summed E-state index contributed by atoms with van der Waals surface area (Å²) < 4.78 is 8.00. The molecule has 0 saturated heterocycles. The molecule has 2 aromatic carbocycles. The third-order valence-corrected chi connectivity index (χ3v) is 4.64. The number of aryl methyl sites for hydroxylation is 2. The van der Waals surface area contributed by atoms with Crippen LogP contribution < -0.4 is 16.6 Å². The van der Waals surface area contributed by atoms with E-state index in [1.165, 1.54) is 10.6 Å². The first kappa shape index (κ1) is 21.1. The Morgan fingerprint density at radius 1 is 0.933 bits per heavy atom. The first-order chi connectivity index (χ1) is 14.6. The third-order valence-electron chi connectivity index (χ3n) is 4.64. The van der Waals surface area contributed by atoms with Crippen LogP contribution in [0.1, 0.15) is 24.5 Å². The molecule has 1 aromatic heterocycles. The molecule has 1 amide bonds. The minimum absolute atomic E-state index is 0.201. The smallest absolute Gasteiger partial charge is 0.411 e. The summed E-state index contributed by atoms with van der Waals surface area (Å²) in [6.07, 6.45) is 2.37. The number of carbonyl (C=O) groups excluding carboxylic acids is 1. The van der Waals surface area contributed by atoms with E-state index in [0.717, 1.165) is 17.5 Å². The summed E-state index contributed by atoms with van der Waals surface area (Å²) in [7, 11) is 0. The Hall–Kier alpha value is -3.61. The third kappa shape index (κ3) is 5.70. The van der Waals surface area contributed by atoms with Gasteiger partial charge < -0.3 is 9.30 Å². The van der Waals surface area contributed by atoms with Crippen LogP contribution in [0.4, 0.5) is 10.5 Å². The van der Waals surface area contributed by atoms with Crippen LogP contribution in [0.15, 0.2) is 76.4 Å². The van der Waals surface area contributed by atoms with Crippen molar-refractivity contribution in [3.8, 4) is 0 Å². The molecule has 0 unspecified atom stereocenters. The molecule has 0 aliphatic carbocycles. The average Bonchev–Trinajstić information content (AvgIpc) is 2.76. The Morgan fingerprint density at radius 2 is 1.67 bits per heavy atom. The van der Waals surface area contributed by atoms with Crippen molar-refractivity contribution in [1.29, 1.82) is 0 Å². The van der Waals surface area contributed by atoms with Crippen molar-refractivity contribution in [2.75, 3.05) is 5.32 Å². The summed E-state index contributed by atoms with van der Waals surface area (Å²) in [5.41, 5.74) is 1.89. The van der Waals surface area contributed by atoms with Crippen LogP contribution in [0.2, 0.25) is 0 Å². The SMILES string of the molecule is CCCn1ccc(=O)n(CCc2ccc(NC(=O)OCc3ccccc3)cc2)c1=O. The van der Waals surface area contributed by atoms with Gasteiger partial charge in [0.05, 0.1) is 0 Å². The van der Waals surface area contributed by atoms with Crippen molar-refractivity contribution in [2.45, 2.75) is 39.5 Å².